The van der Waals surface area contributed by atoms with Crippen LogP contribution >= 0.6 is 23.2 Å². The van der Waals surface area contributed by atoms with E-state index in [2.05, 4.69) is 34.4 Å². The van der Waals surface area contributed by atoms with Crippen molar-refractivity contribution in [1.82, 2.24) is 15.5 Å². The van der Waals surface area contributed by atoms with Gasteiger partial charge in [-0.1, -0.05) is 29.3 Å². The lowest BCUT2D eigenvalue weighted by atomic mass is 10.0. The Morgan fingerprint density at radius 3 is 2.68 bits per heavy atom. The minimum absolute atomic E-state index is 0.0930. The third kappa shape index (κ3) is 7.32. The number of rotatable bonds is 8. The molecule has 1 aromatic carbocycles. The number of hydrogen-bond acceptors (Lipinski definition) is 4. The average Bonchev–Trinajstić information content (AvgIpc) is 2.68. The van der Waals surface area contributed by atoms with Gasteiger partial charge in [0.1, 0.15) is 23.5 Å². The van der Waals surface area contributed by atoms with Gasteiger partial charge in [-0.15, -0.1) is 0 Å². The number of piperidine rings is 1. The molecule has 1 heterocycles. The maximum absolute atomic E-state index is 10.2. The minimum atomic E-state index is -0.742. The molecule has 1 atom stereocenters. The quantitative estimate of drug-likeness (QED) is 0.436. The Morgan fingerprint density at radius 2 is 2.04 bits per heavy atom. The molecular formula is C20H32Cl2N4O2. The van der Waals surface area contributed by atoms with E-state index in [1.54, 1.807) is 18.2 Å². The molecule has 158 valence electrons. The van der Waals surface area contributed by atoms with Crippen molar-refractivity contribution in [2.24, 2.45) is 4.99 Å². The largest absolute Gasteiger partial charge is 0.489 e. The van der Waals surface area contributed by atoms with Gasteiger partial charge in [-0.3, -0.25) is 4.99 Å². The van der Waals surface area contributed by atoms with Crippen molar-refractivity contribution in [2.75, 3.05) is 32.8 Å². The van der Waals surface area contributed by atoms with Gasteiger partial charge in [0.15, 0.2) is 5.96 Å². The molecule has 28 heavy (non-hydrogen) atoms. The first-order chi connectivity index (χ1) is 13.4. The fourth-order valence-electron chi connectivity index (χ4n) is 3.10. The summed E-state index contributed by atoms with van der Waals surface area (Å²) in [6.07, 6.45) is 1.43. The Balaban J connectivity index is 1.81. The highest BCUT2D eigenvalue weighted by atomic mass is 35.5. The number of hydrogen-bond donors (Lipinski definition) is 3. The smallest absolute Gasteiger partial charge is 0.191 e. The van der Waals surface area contributed by atoms with Crippen molar-refractivity contribution >= 4 is 29.2 Å². The normalized spacial score (nSPS) is 17.6. The molecule has 0 amide bonds. The number of aliphatic hydroxyl groups is 1. The summed E-state index contributed by atoms with van der Waals surface area (Å²) in [4.78, 5) is 7.00. The van der Waals surface area contributed by atoms with E-state index in [1.165, 1.54) is 0 Å². The summed E-state index contributed by atoms with van der Waals surface area (Å²) in [7, 11) is 0. The Bertz CT molecular complexity index is 635. The van der Waals surface area contributed by atoms with Crippen molar-refractivity contribution in [2.45, 2.75) is 51.8 Å². The number of likely N-dealkylation sites (tertiary alicyclic amines) is 1. The van der Waals surface area contributed by atoms with E-state index in [1.807, 2.05) is 6.92 Å². The highest BCUT2D eigenvalue weighted by Crippen LogP contribution is 2.31. The molecule has 0 saturated carbocycles. The van der Waals surface area contributed by atoms with Crippen LogP contribution in [0.4, 0.5) is 0 Å². The van der Waals surface area contributed by atoms with E-state index in [0.29, 0.717) is 27.9 Å². The van der Waals surface area contributed by atoms with Gasteiger partial charge < -0.3 is 25.4 Å². The molecule has 1 aliphatic heterocycles. The van der Waals surface area contributed by atoms with Crippen LogP contribution in [-0.2, 0) is 0 Å². The standard InChI is InChI=1S/C20H32Cl2N4O2/c1-4-23-20(25-15-8-10-26(11-9-15)14(2)3)24-12-16(27)13-28-18-7-5-6-17(21)19(18)22/h5-7,14-16,27H,4,8-13H2,1-3H3,(H2,23,24,25). The van der Waals surface area contributed by atoms with Crippen molar-refractivity contribution in [3.05, 3.63) is 28.2 Å². The number of nitrogens with one attached hydrogen (secondary N) is 2. The van der Waals surface area contributed by atoms with E-state index < -0.39 is 6.10 Å². The Morgan fingerprint density at radius 1 is 1.32 bits per heavy atom. The molecule has 0 aromatic heterocycles. The summed E-state index contributed by atoms with van der Waals surface area (Å²) < 4.78 is 5.57. The second-order valence-electron chi connectivity index (χ2n) is 7.28. The lowest BCUT2D eigenvalue weighted by Gasteiger charge is -2.35. The summed E-state index contributed by atoms with van der Waals surface area (Å²) in [5.74, 6) is 1.18. The SMILES string of the molecule is CCNC(=NCC(O)COc1cccc(Cl)c1Cl)NC1CCN(C(C)C)CC1. The molecule has 1 saturated heterocycles. The van der Waals surface area contributed by atoms with E-state index in [4.69, 9.17) is 27.9 Å². The molecule has 1 aromatic rings. The number of aliphatic imine (C=N–C) groups is 1. The third-order valence-corrected chi connectivity index (χ3v) is 5.55. The first-order valence-corrected chi connectivity index (χ1v) is 10.7. The first kappa shape index (κ1) is 23.1. The van der Waals surface area contributed by atoms with E-state index in [0.717, 1.165) is 38.4 Å². The Labute approximate surface area is 178 Å². The van der Waals surface area contributed by atoms with Gasteiger partial charge in [-0.25, -0.2) is 0 Å². The van der Waals surface area contributed by atoms with E-state index in [-0.39, 0.29) is 13.2 Å². The number of aliphatic hydroxyl groups excluding tert-OH is 1. The molecule has 3 N–H and O–H groups in total. The number of guanidine groups is 1. The predicted octanol–water partition coefficient (Wildman–Crippen LogP) is 3.16. The topological polar surface area (TPSA) is 69.1 Å². The van der Waals surface area contributed by atoms with Crippen LogP contribution in [0, 0.1) is 0 Å². The minimum Gasteiger partial charge on any atom is -0.489 e. The first-order valence-electron chi connectivity index (χ1n) is 9.94. The van der Waals surface area contributed by atoms with Gasteiger partial charge in [0.25, 0.3) is 0 Å². The van der Waals surface area contributed by atoms with Crippen LogP contribution in [0.5, 0.6) is 5.75 Å². The fourth-order valence-corrected chi connectivity index (χ4v) is 3.45. The average molecular weight is 431 g/mol. The van der Waals surface area contributed by atoms with Crippen LogP contribution < -0.4 is 15.4 Å². The van der Waals surface area contributed by atoms with Crippen molar-refractivity contribution in [3.8, 4) is 5.75 Å². The van der Waals surface area contributed by atoms with Gasteiger partial charge in [0, 0.05) is 31.7 Å². The van der Waals surface area contributed by atoms with Crippen LogP contribution in [0.15, 0.2) is 23.2 Å². The highest BCUT2D eigenvalue weighted by Gasteiger charge is 2.21. The predicted molar refractivity (Wildman–Crippen MR) is 117 cm³/mol. The number of ether oxygens (including phenoxy) is 1. The molecule has 6 nitrogen and oxygen atoms in total. The summed E-state index contributed by atoms with van der Waals surface area (Å²) >= 11 is 12.1. The van der Waals surface area contributed by atoms with Crippen molar-refractivity contribution in [1.29, 1.82) is 0 Å². The van der Waals surface area contributed by atoms with E-state index >= 15 is 0 Å². The third-order valence-electron chi connectivity index (χ3n) is 4.75. The van der Waals surface area contributed by atoms with Gasteiger partial charge in [0.2, 0.25) is 0 Å². The maximum Gasteiger partial charge on any atom is 0.191 e. The van der Waals surface area contributed by atoms with Crippen LogP contribution in [-0.4, -0.2) is 66.9 Å². The van der Waals surface area contributed by atoms with Crippen LogP contribution in [0.2, 0.25) is 10.0 Å². The number of nitrogens with zero attached hydrogens (tertiary/aromatic N) is 2. The van der Waals surface area contributed by atoms with Gasteiger partial charge >= 0.3 is 0 Å². The molecule has 1 fully saturated rings. The van der Waals surface area contributed by atoms with E-state index in [9.17, 15) is 5.11 Å². The zero-order chi connectivity index (χ0) is 20.5. The highest BCUT2D eigenvalue weighted by molar-refractivity contribution is 6.42. The summed E-state index contributed by atoms with van der Waals surface area (Å²) in [5.41, 5.74) is 0. The molecule has 1 unspecified atom stereocenters. The zero-order valence-electron chi connectivity index (χ0n) is 16.9. The summed E-state index contributed by atoms with van der Waals surface area (Å²) in [6, 6.07) is 6.15. The zero-order valence-corrected chi connectivity index (χ0v) is 18.4. The molecule has 0 bridgehead atoms. The molecule has 1 aliphatic rings. The monoisotopic (exact) mass is 430 g/mol. The number of benzene rings is 1. The Kier molecular flexibility index (Phi) is 9.65. The summed E-state index contributed by atoms with van der Waals surface area (Å²) in [5, 5.41) is 17.7. The van der Waals surface area contributed by atoms with Crippen molar-refractivity contribution < 1.29 is 9.84 Å². The second kappa shape index (κ2) is 11.7. The molecule has 0 spiro atoms. The fraction of sp³-hybridized carbons (Fsp3) is 0.650. The molecule has 2 rings (SSSR count). The van der Waals surface area contributed by atoms with Gasteiger partial charge in [0.05, 0.1) is 11.6 Å². The van der Waals surface area contributed by atoms with Crippen LogP contribution in [0.3, 0.4) is 0 Å². The van der Waals surface area contributed by atoms with Crippen molar-refractivity contribution in [3.63, 3.8) is 0 Å². The Hall–Kier alpha value is -1.21. The van der Waals surface area contributed by atoms with Crippen LogP contribution in [0.25, 0.3) is 0 Å². The van der Waals surface area contributed by atoms with Crippen LogP contribution in [0.1, 0.15) is 33.6 Å². The lowest BCUT2D eigenvalue weighted by molar-refractivity contribution is 0.114. The molecule has 0 aliphatic carbocycles. The van der Waals surface area contributed by atoms with Gasteiger partial charge in [-0.05, 0) is 45.7 Å². The summed E-state index contributed by atoms with van der Waals surface area (Å²) in [6.45, 7) is 9.77. The van der Waals surface area contributed by atoms with Gasteiger partial charge in [-0.2, -0.15) is 0 Å². The lowest BCUT2D eigenvalue weighted by Crippen LogP contribution is -2.50. The molecule has 0 radical (unpaired) electrons. The molecule has 8 heteroatoms. The maximum atomic E-state index is 10.2. The second-order valence-corrected chi connectivity index (χ2v) is 8.07. The number of halogens is 2. The molecular weight excluding hydrogens is 399 g/mol.